The molecule has 0 amide bonds. The zero-order chi connectivity index (χ0) is 9.26. The third-order valence-electron chi connectivity index (χ3n) is 2.68. The summed E-state index contributed by atoms with van der Waals surface area (Å²) in [5.41, 5.74) is 5.06. The molecular formula is C10H14N2O. The molecule has 1 heterocycles. The molecule has 0 aromatic carbocycles. The summed E-state index contributed by atoms with van der Waals surface area (Å²) in [6.07, 6.45) is 5.57. The van der Waals surface area contributed by atoms with E-state index in [0.29, 0.717) is 5.78 Å². The maximum absolute atomic E-state index is 11.6. The zero-order valence-electron chi connectivity index (χ0n) is 7.84. The zero-order valence-corrected chi connectivity index (χ0v) is 7.84. The molecule has 1 unspecified atom stereocenters. The van der Waals surface area contributed by atoms with E-state index in [4.69, 9.17) is 0 Å². The number of hydrogen-bond donors (Lipinski definition) is 1. The fourth-order valence-corrected chi connectivity index (χ4v) is 1.88. The average Bonchev–Trinajstić information content (AvgIpc) is 2.30. The van der Waals surface area contributed by atoms with Crippen LogP contribution in [-0.2, 0) is 4.79 Å². The number of Topliss-reactive ketones (excluding diaryl/α,β-unsaturated/α-hetero) is 1. The Morgan fingerprint density at radius 2 is 2.38 bits per heavy atom. The molecule has 1 aliphatic carbocycles. The first-order valence-corrected chi connectivity index (χ1v) is 4.79. The summed E-state index contributed by atoms with van der Waals surface area (Å²) in [5.74, 6) is 0.427. The number of carbonyl (C=O) groups is 1. The number of allylic oxidation sites excluding steroid dienone is 2. The van der Waals surface area contributed by atoms with Crippen LogP contribution in [0.25, 0.3) is 0 Å². The normalized spacial score (nSPS) is 28.1. The summed E-state index contributed by atoms with van der Waals surface area (Å²) < 4.78 is 0. The Kier molecular flexibility index (Phi) is 2.17. The minimum atomic E-state index is 0.0682. The molecule has 3 nitrogen and oxygen atoms in total. The van der Waals surface area contributed by atoms with Crippen molar-refractivity contribution in [3.63, 3.8) is 0 Å². The van der Waals surface area contributed by atoms with Crippen molar-refractivity contribution in [2.24, 2.45) is 11.0 Å². The minimum absolute atomic E-state index is 0.0682. The smallest absolute Gasteiger partial charge is 0.141 e. The van der Waals surface area contributed by atoms with E-state index in [1.165, 1.54) is 0 Å². The van der Waals surface area contributed by atoms with Gasteiger partial charge in [0.15, 0.2) is 0 Å². The van der Waals surface area contributed by atoms with Crippen LogP contribution in [0.3, 0.4) is 0 Å². The third kappa shape index (κ3) is 1.64. The molecule has 0 radical (unpaired) electrons. The Bertz CT molecular complexity index is 291. The second-order valence-electron chi connectivity index (χ2n) is 3.71. The van der Waals surface area contributed by atoms with E-state index in [2.05, 4.69) is 16.6 Å². The highest BCUT2D eigenvalue weighted by Crippen LogP contribution is 2.23. The number of hydrogen-bond acceptors (Lipinski definition) is 3. The van der Waals surface area contributed by atoms with Crippen molar-refractivity contribution in [3.05, 3.63) is 11.8 Å². The molecule has 13 heavy (non-hydrogen) atoms. The molecule has 2 aliphatic rings. The Balaban J connectivity index is 2.23. The molecule has 1 N–H and O–H groups in total. The topological polar surface area (TPSA) is 41.5 Å². The van der Waals surface area contributed by atoms with Gasteiger partial charge in [0, 0.05) is 17.8 Å². The lowest BCUT2D eigenvalue weighted by Crippen LogP contribution is -2.28. The van der Waals surface area contributed by atoms with Crippen molar-refractivity contribution in [1.29, 1.82) is 0 Å². The highest BCUT2D eigenvalue weighted by molar-refractivity contribution is 6.07. The van der Waals surface area contributed by atoms with Crippen molar-refractivity contribution in [3.8, 4) is 0 Å². The SMILES string of the molecule is CC1=CCC2C(=O)CCCC2=NN1. The van der Waals surface area contributed by atoms with Crippen molar-refractivity contribution >= 4 is 11.5 Å². The Morgan fingerprint density at radius 1 is 1.54 bits per heavy atom. The van der Waals surface area contributed by atoms with Crippen LogP contribution in [0.1, 0.15) is 32.6 Å². The lowest BCUT2D eigenvalue weighted by Gasteiger charge is -2.19. The fourth-order valence-electron chi connectivity index (χ4n) is 1.88. The van der Waals surface area contributed by atoms with Crippen molar-refractivity contribution in [2.45, 2.75) is 32.6 Å². The summed E-state index contributed by atoms with van der Waals surface area (Å²) >= 11 is 0. The van der Waals surface area contributed by atoms with E-state index >= 15 is 0 Å². The molecule has 3 heteroatoms. The van der Waals surface area contributed by atoms with Gasteiger partial charge in [0.05, 0.1) is 5.92 Å². The maximum Gasteiger partial charge on any atom is 0.141 e. The summed E-state index contributed by atoms with van der Waals surface area (Å²) in [6.45, 7) is 1.98. The Morgan fingerprint density at radius 3 is 3.23 bits per heavy atom. The first-order valence-electron chi connectivity index (χ1n) is 4.79. The lowest BCUT2D eigenvalue weighted by molar-refractivity contribution is -0.121. The quantitative estimate of drug-likeness (QED) is 0.612. The summed E-state index contributed by atoms with van der Waals surface area (Å²) in [6, 6.07) is 0. The first-order chi connectivity index (χ1) is 6.27. The van der Waals surface area contributed by atoms with Crippen LogP contribution >= 0.6 is 0 Å². The first kappa shape index (κ1) is 8.48. The van der Waals surface area contributed by atoms with Crippen LogP contribution in [-0.4, -0.2) is 11.5 Å². The third-order valence-corrected chi connectivity index (χ3v) is 2.68. The largest absolute Gasteiger partial charge is 0.299 e. The second kappa shape index (κ2) is 3.32. The molecule has 1 fully saturated rings. The van der Waals surface area contributed by atoms with Gasteiger partial charge in [0.2, 0.25) is 0 Å². The van der Waals surface area contributed by atoms with E-state index in [1.807, 2.05) is 6.92 Å². The van der Waals surface area contributed by atoms with Crippen LogP contribution in [0.4, 0.5) is 0 Å². The predicted molar refractivity (Wildman–Crippen MR) is 51.3 cm³/mol. The van der Waals surface area contributed by atoms with Gasteiger partial charge in [0.1, 0.15) is 5.78 Å². The van der Waals surface area contributed by atoms with E-state index in [1.54, 1.807) is 0 Å². The second-order valence-corrected chi connectivity index (χ2v) is 3.71. The van der Waals surface area contributed by atoms with Gasteiger partial charge >= 0.3 is 0 Å². The van der Waals surface area contributed by atoms with E-state index < -0.39 is 0 Å². The summed E-state index contributed by atoms with van der Waals surface area (Å²) in [7, 11) is 0. The van der Waals surface area contributed by atoms with Gasteiger partial charge in [-0.1, -0.05) is 6.08 Å². The molecular weight excluding hydrogens is 164 g/mol. The predicted octanol–water partition coefficient (Wildman–Crippen LogP) is 1.61. The Hall–Kier alpha value is -1.12. The monoisotopic (exact) mass is 178 g/mol. The number of nitrogens with zero attached hydrogens (tertiary/aromatic N) is 1. The van der Waals surface area contributed by atoms with Gasteiger partial charge in [-0.15, -0.1) is 0 Å². The van der Waals surface area contributed by atoms with Crippen molar-refractivity contribution < 1.29 is 4.79 Å². The van der Waals surface area contributed by atoms with Crippen LogP contribution in [0, 0.1) is 5.92 Å². The lowest BCUT2D eigenvalue weighted by atomic mass is 9.84. The number of nitrogens with one attached hydrogen (secondary N) is 1. The van der Waals surface area contributed by atoms with Gasteiger partial charge in [-0.25, -0.2) is 0 Å². The van der Waals surface area contributed by atoms with Crippen molar-refractivity contribution in [1.82, 2.24) is 5.43 Å². The maximum atomic E-state index is 11.6. The fraction of sp³-hybridized carbons (Fsp3) is 0.600. The van der Waals surface area contributed by atoms with Gasteiger partial charge in [-0.05, 0) is 26.2 Å². The highest BCUT2D eigenvalue weighted by Gasteiger charge is 2.28. The molecule has 0 saturated heterocycles. The van der Waals surface area contributed by atoms with E-state index in [9.17, 15) is 4.79 Å². The standard InChI is InChI=1S/C10H14N2O/c1-7-5-6-8-9(12-11-7)3-2-4-10(8)13/h5,8,11H,2-4,6H2,1H3. The van der Waals surface area contributed by atoms with E-state index in [0.717, 1.165) is 37.1 Å². The summed E-state index contributed by atoms with van der Waals surface area (Å²) in [5, 5.41) is 4.25. The van der Waals surface area contributed by atoms with Gasteiger partial charge in [0.25, 0.3) is 0 Å². The number of hydrazone groups is 1. The van der Waals surface area contributed by atoms with Gasteiger partial charge < -0.3 is 0 Å². The van der Waals surface area contributed by atoms with Crippen LogP contribution in [0.2, 0.25) is 0 Å². The molecule has 1 aliphatic heterocycles. The molecule has 0 spiro atoms. The molecule has 0 aromatic rings. The van der Waals surface area contributed by atoms with Crippen molar-refractivity contribution in [2.75, 3.05) is 0 Å². The molecule has 70 valence electrons. The van der Waals surface area contributed by atoms with Crippen LogP contribution in [0.5, 0.6) is 0 Å². The Labute approximate surface area is 77.9 Å². The number of carbonyl (C=O) groups excluding carboxylic acids is 1. The molecule has 0 aromatic heterocycles. The number of fused-ring (bicyclic) bond motifs is 1. The highest BCUT2D eigenvalue weighted by atomic mass is 16.1. The molecule has 1 atom stereocenters. The number of rotatable bonds is 0. The van der Waals surface area contributed by atoms with Gasteiger partial charge in [-0.3, -0.25) is 10.2 Å². The van der Waals surface area contributed by atoms with Crippen LogP contribution in [0.15, 0.2) is 16.9 Å². The van der Waals surface area contributed by atoms with Crippen LogP contribution < -0.4 is 5.43 Å². The molecule has 2 rings (SSSR count). The summed E-state index contributed by atoms with van der Waals surface area (Å²) in [4.78, 5) is 11.6. The van der Waals surface area contributed by atoms with Gasteiger partial charge in [-0.2, -0.15) is 5.10 Å². The molecule has 0 bridgehead atoms. The minimum Gasteiger partial charge on any atom is -0.299 e. The average molecular weight is 178 g/mol. The van der Waals surface area contributed by atoms with E-state index in [-0.39, 0.29) is 5.92 Å². The number of ketones is 1. The molecule has 1 saturated carbocycles.